The van der Waals surface area contributed by atoms with Gasteiger partial charge in [-0.3, -0.25) is 0 Å². The number of nitrogens with zero attached hydrogens (tertiary/aromatic N) is 2. The van der Waals surface area contributed by atoms with Crippen LogP contribution in [0, 0.1) is 0 Å². The Balaban J connectivity index is 2.03. The molecule has 1 atom stereocenters. The van der Waals surface area contributed by atoms with E-state index in [2.05, 4.69) is 4.98 Å². The number of ether oxygens (including phenoxy) is 2. The van der Waals surface area contributed by atoms with Gasteiger partial charge in [-0.25, -0.2) is 9.78 Å². The molecule has 2 heterocycles. The number of aromatic nitrogens is 1. The number of carbonyl (C=O) groups excluding carboxylic acids is 1. The van der Waals surface area contributed by atoms with Crippen LogP contribution in [0.2, 0.25) is 0 Å². The van der Waals surface area contributed by atoms with Gasteiger partial charge in [0.15, 0.2) is 0 Å². The van der Waals surface area contributed by atoms with Crippen molar-refractivity contribution in [3.63, 3.8) is 0 Å². The first-order valence-electron chi connectivity index (χ1n) is 6.67. The Hall–Kier alpha value is -1.82. The summed E-state index contributed by atoms with van der Waals surface area (Å²) in [5.74, 6) is 0.445. The van der Waals surface area contributed by atoms with Crippen LogP contribution in [0.4, 0.5) is 10.6 Å². The van der Waals surface area contributed by atoms with E-state index < -0.39 is 5.60 Å². The molecule has 6 heteroatoms. The summed E-state index contributed by atoms with van der Waals surface area (Å²) in [5.41, 5.74) is 5.91. The highest BCUT2D eigenvalue weighted by Crippen LogP contribution is 2.22. The lowest BCUT2D eigenvalue weighted by Gasteiger charge is -2.34. The summed E-state index contributed by atoms with van der Waals surface area (Å²) in [5, 5.41) is 0. The molecule has 2 N–H and O–H groups in total. The number of rotatable bonds is 1. The van der Waals surface area contributed by atoms with Gasteiger partial charge < -0.3 is 20.1 Å². The molecule has 1 saturated heterocycles. The van der Waals surface area contributed by atoms with Crippen molar-refractivity contribution in [1.29, 1.82) is 0 Å². The number of nitrogens with two attached hydrogens (primary N) is 1. The van der Waals surface area contributed by atoms with Gasteiger partial charge >= 0.3 is 6.09 Å². The lowest BCUT2D eigenvalue weighted by Crippen LogP contribution is -2.44. The predicted octanol–water partition coefficient (Wildman–Crippen LogP) is 1.97. The zero-order valence-corrected chi connectivity index (χ0v) is 12.1. The van der Waals surface area contributed by atoms with Crippen molar-refractivity contribution in [1.82, 2.24) is 9.88 Å². The molecule has 2 rings (SSSR count). The molecule has 0 saturated carbocycles. The Bertz CT molecular complexity index is 485. The maximum atomic E-state index is 12.1. The van der Waals surface area contributed by atoms with Crippen LogP contribution in [0.25, 0.3) is 0 Å². The van der Waals surface area contributed by atoms with Crippen molar-refractivity contribution in [2.24, 2.45) is 0 Å². The van der Waals surface area contributed by atoms with Gasteiger partial charge in [0.05, 0.1) is 18.8 Å². The largest absolute Gasteiger partial charge is 0.444 e. The summed E-state index contributed by atoms with van der Waals surface area (Å²) >= 11 is 0. The van der Waals surface area contributed by atoms with E-state index in [1.54, 1.807) is 11.0 Å². The number of hydrogen-bond donors (Lipinski definition) is 1. The standard InChI is InChI=1S/C14H21N3O3/c1-14(2,3)20-13(18)17-7-8-19-11(9-17)10-5-4-6-12(15)16-10/h4-6,11H,7-9H2,1-3H3,(H2,15,16)/t11-/m1/s1. The van der Waals surface area contributed by atoms with Crippen LogP contribution in [-0.2, 0) is 9.47 Å². The van der Waals surface area contributed by atoms with Gasteiger partial charge in [0.25, 0.3) is 0 Å². The van der Waals surface area contributed by atoms with Crippen molar-refractivity contribution in [3.8, 4) is 0 Å². The summed E-state index contributed by atoms with van der Waals surface area (Å²) in [4.78, 5) is 17.9. The summed E-state index contributed by atoms with van der Waals surface area (Å²) < 4.78 is 11.0. The molecule has 0 radical (unpaired) electrons. The highest BCUT2D eigenvalue weighted by Gasteiger charge is 2.29. The van der Waals surface area contributed by atoms with Crippen molar-refractivity contribution in [3.05, 3.63) is 23.9 Å². The maximum absolute atomic E-state index is 12.1. The minimum atomic E-state index is -0.500. The summed E-state index contributed by atoms with van der Waals surface area (Å²) in [6.45, 7) is 6.95. The number of anilines is 1. The van der Waals surface area contributed by atoms with E-state index in [-0.39, 0.29) is 12.2 Å². The molecule has 0 aromatic carbocycles. The van der Waals surface area contributed by atoms with Gasteiger partial charge in [0, 0.05) is 6.54 Å². The van der Waals surface area contributed by atoms with Crippen LogP contribution >= 0.6 is 0 Å². The van der Waals surface area contributed by atoms with E-state index in [1.807, 2.05) is 32.9 Å². The predicted molar refractivity (Wildman–Crippen MR) is 75.1 cm³/mol. The van der Waals surface area contributed by atoms with Crippen molar-refractivity contribution < 1.29 is 14.3 Å². The molecule has 0 unspecified atom stereocenters. The van der Waals surface area contributed by atoms with E-state index in [1.165, 1.54) is 0 Å². The Morgan fingerprint density at radius 2 is 2.25 bits per heavy atom. The van der Waals surface area contributed by atoms with Gasteiger partial charge in [-0.1, -0.05) is 6.07 Å². The molecular weight excluding hydrogens is 258 g/mol. The first-order valence-corrected chi connectivity index (χ1v) is 6.67. The highest BCUT2D eigenvalue weighted by molar-refractivity contribution is 5.68. The van der Waals surface area contributed by atoms with Crippen molar-refractivity contribution in [2.45, 2.75) is 32.5 Å². The number of hydrogen-bond acceptors (Lipinski definition) is 5. The third-order valence-electron chi connectivity index (χ3n) is 2.84. The molecule has 0 spiro atoms. The molecule has 20 heavy (non-hydrogen) atoms. The number of carbonyl (C=O) groups is 1. The Morgan fingerprint density at radius 1 is 1.50 bits per heavy atom. The smallest absolute Gasteiger partial charge is 0.410 e. The zero-order chi connectivity index (χ0) is 14.8. The second kappa shape index (κ2) is 5.66. The van der Waals surface area contributed by atoms with E-state index in [9.17, 15) is 4.79 Å². The molecule has 1 fully saturated rings. The lowest BCUT2D eigenvalue weighted by molar-refractivity contribution is -0.0446. The van der Waals surface area contributed by atoms with Gasteiger partial charge in [-0.05, 0) is 32.9 Å². The third kappa shape index (κ3) is 3.84. The fourth-order valence-electron chi connectivity index (χ4n) is 1.97. The molecule has 0 aliphatic carbocycles. The average Bonchev–Trinajstić information content (AvgIpc) is 2.37. The zero-order valence-electron chi connectivity index (χ0n) is 12.1. The first-order chi connectivity index (χ1) is 9.35. The number of morpholine rings is 1. The van der Waals surface area contributed by atoms with Crippen LogP contribution in [0.5, 0.6) is 0 Å². The fraction of sp³-hybridized carbons (Fsp3) is 0.571. The van der Waals surface area contributed by atoms with Gasteiger partial charge in [0.1, 0.15) is 17.5 Å². The second-order valence-electron chi connectivity index (χ2n) is 5.77. The monoisotopic (exact) mass is 279 g/mol. The summed E-state index contributed by atoms with van der Waals surface area (Å²) in [7, 11) is 0. The quantitative estimate of drug-likeness (QED) is 0.850. The van der Waals surface area contributed by atoms with E-state index in [0.29, 0.717) is 25.5 Å². The lowest BCUT2D eigenvalue weighted by atomic mass is 10.2. The van der Waals surface area contributed by atoms with E-state index >= 15 is 0 Å². The van der Waals surface area contributed by atoms with Crippen LogP contribution < -0.4 is 5.73 Å². The van der Waals surface area contributed by atoms with Crippen molar-refractivity contribution in [2.75, 3.05) is 25.4 Å². The fourth-order valence-corrected chi connectivity index (χ4v) is 1.97. The van der Waals surface area contributed by atoms with E-state index in [4.69, 9.17) is 15.2 Å². The Labute approximate surface area is 118 Å². The molecule has 0 bridgehead atoms. The Kier molecular flexibility index (Phi) is 4.13. The minimum absolute atomic E-state index is 0.264. The van der Waals surface area contributed by atoms with Crippen LogP contribution in [0.1, 0.15) is 32.6 Å². The molecule has 1 aromatic rings. The third-order valence-corrected chi connectivity index (χ3v) is 2.84. The van der Waals surface area contributed by atoms with Crippen LogP contribution in [0.15, 0.2) is 18.2 Å². The maximum Gasteiger partial charge on any atom is 0.410 e. The highest BCUT2D eigenvalue weighted by atomic mass is 16.6. The van der Waals surface area contributed by atoms with Crippen molar-refractivity contribution >= 4 is 11.9 Å². The summed E-state index contributed by atoms with van der Waals surface area (Å²) in [6, 6.07) is 5.39. The molecule has 6 nitrogen and oxygen atoms in total. The molecule has 1 aliphatic heterocycles. The first kappa shape index (κ1) is 14.6. The van der Waals surface area contributed by atoms with Gasteiger partial charge in [-0.15, -0.1) is 0 Å². The van der Waals surface area contributed by atoms with Gasteiger partial charge in [0.2, 0.25) is 0 Å². The average molecular weight is 279 g/mol. The molecule has 110 valence electrons. The molecule has 1 aromatic heterocycles. The minimum Gasteiger partial charge on any atom is -0.444 e. The van der Waals surface area contributed by atoms with E-state index in [0.717, 1.165) is 5.69 Å². The molecular formula is C14H21N3O3. The molecule has 1 aliphatic rings. The molecule has 1 amide bonds. The van der Waals surface area contributed by atoms with Gasteiger partial charge in [-0.2, -0.15) is 0 Å². The van der Waals surface area contributed by atoms with Crippen LogP contribution in [-0.4, -0.2) is 41.3 Å². The Morgan fingerprint density at radius 3 is 2.90 bits per heavy atom. The normalized spacial score (nSPS) is 19.8. The SMILES string of the molecule is CC(C)(C)OC(=O)N1CCO[C@@H](c2cccc(N)n2)C1. The topological polar surface area (TPSA) is 77.7 Å². The number of amides is 1. The second-order valence-corrected chi connectivity index (χ2v) is 5.77. The number of nitrogen functional groups attached to an aromatic ring is 1. The number of pyridine rings is 1. The van der Waals surface area contributed by atoms with Crippen LogP contribution in [0.3, 0.4) is 0 Å². The summed E-state index contributed by atoms with van der Waals surface area (Å²) in [6.07, 6.45) is -0.588.